The average molecular weight is 375 g/mol. The van der Waals surface area contributed by atoms with Crippen LogP contribution < -0.4 is 5.43 Å². The third-order valence-electron chi connectivity index (χ3n) is 5.69. The lowest BCUT2D eigenvalue weighted by Gasteiger charge is -2.27. The van der Waals surface area contributed by atoms with E-state index in [1.165, 1.54) is 0 Å². The lowest BCUT2D eigenvalue weighted by molar-refractivity contribution is 0.0486. The fraction of sp³-hybridized carbons (Fsp3) is 0.304. The van der Waals surface area contributed by atoms with E-state index in [-0.39, 0.29) is 23.2 Å². The first-order valence-electron chi connectivity index (χ1n) is 9.68. The van der Waals surface area contributed by atoms with Crippen LogP contribution in [0.5, 0.6) is 0 Å². The number of para-hydroxylation sites is 1. The average Bonchev–Trinajstić information content (AvgIpc) is 3.31. The second kappa shape index (κ2) is 6.60. The van der Waals surface area contributed by atoms with Gasteiger partial charge in [0.15, 0.2) is 5.43 Å². The molecule has 0 bridgehead atoms. The van der Waals surface area contributed by atoms with Crippen molar-refractivity contribution in [2.24, 2.45) is 0 Å². The minimum Gasteiger partial charge on any atom is -0.450 e. The smallest absolute Gasteiger partial charge is 0.291 e. The summed E-state index contributed by atoms with van der Waals surface area (Å²) in [6, 6.07) is 14.6. The van der Waals surface area contributed by atoms with Gasteiger partial charge in [-0.25, -0.2) is 0 Å². The summed E-state index contributed by atoms with van der Waals surface area (Å²) in [5, 5.41) is 0.505. The Balaban J connectivity index is 1.70. The molecule has 0 unspecified atom stereocenters. The van der Waals surface area contributed by atoms with E-state index < -0.39 is 6.04 Å². The molecule has 1 saturated heterocycles. The number of carbonyl (C=O) groups excluding carboxylic acids is 1. The number of aryl methyl sites for hydroxylation is 1. The Hall–Kier alpha value is -2.92. The van der Waals surface area contributed by atoms with Crippen LogP contribution in [0.15, 0.2) is 57.7 Å². The predicted molar refractivity (Wildman–Crippen MR) is 106 cm³/mol. The summed E-state index contributed by atoms with van der Waals surface area (Å²) in [5.74, 6) is -0.0776. The Labute approximate surface area is 162 Å². The molecular formula is C23H21NO4. The molecule has 0 aliphatic carbocycles. The van der Waals surface area contributed by atoms with Crippen LogP contribution in [0.25, 0.3) is 11.0 Å². The highest BCUT2D eigenvalue weighted by Gasteiger charge is 2.43. The van der Waals surface area contributed by atoms with E-state index in [1.54, 1.807) is 23.1 Å². The van der Waals surface area contributed by atoms with E-state index in [2.05, 4.69) is 0 Å². The Bertz CT molecular complexity index is 1110. The normalized spacial score (nSPS) is 21.5. The molecule has 1 aromatic heterocycles. The summed E-state index contributed by atoms with van der Waals surface area (Å²) in [7, 11) is 0. The zero-order valence-corrected chi connectivity index (χ0v) is 15.7. The molecule has 0 spiro atoms. The van der Waals surface area contributed by atoms with Gasteiger partial charge in [-0.05, 0) is 37.5 Å². The number of hydrogen-bond donors (Lipinski definition) is 0. The van der Waals surface area contributed by atoms with Gasteiger partial charge in [-0.3, -0.25) is 9.59 Å². The summed E-state index contributed by atoms with van der Waals surface area (Å²) in [6.45, 7) is 3.19. The largest absolute Gasteiger partial charge is 0.450 e. The maximum atomic E-state index is 13.3. The fourth-order valence-electron chi connectivity index (χ4n) is 4.26. The van der Waals surface area contributed by atoms with Crippen LogP contribution in [0.3, 0.4) is 0 Å². The van der Waals surface area contributed by atoms with Crippen molar-refractivity contribution in [3.63, 3.8) is 0 Å². The topological polar surface area (TPSA) is 59.8 Å². The molecule has 5 heteroatoms. The van der Waals surface area contributed by atoms with Gasteiger partial charge in [0.2, 0.25) is 5.76 Å². The van der Waals surface area contributed by atoms with Crippen molar-refractivity contribution in [3.05, 3.63) is 81.2 Å². The molecular weight excluding hydrogens is 354 g/mol. The number of benzene rings is 2. The van der Waals surface area contributed by atoms with Crippen LogP contribution in [-0.4, -0.2) is 30.1 Å². The van der Waals surface area contributed by atoms with Crippen LogP contribution >= 0.6 is 0 Å². The highest BCUT2D eigenvalue weighted by Crippen LogP contribution is 2.38. The summed E-state index contributed by atoms with van der Waals surface area (Å²) in [4.78, 5) is 28.3. The molecule has 2 aliphatic rings. The van der Waals surface area contributed by atoms with Gasteiger partial charge in [-0.1, -0.05) is 42.0 Å². The Morgan fingerprint density at radius 3 is 2.61 bits per heavy atom. The number of hydrogen-bond acceptors (Lipinski definition) is 4. The standard InChI is InChI=1S/C23H21NO4/c1-14-8-10-15(11-9-14)20-19-21(25)17-6-2-3-7-18(17)28-22(19)23(26)24(20)13-16-5-4-12-27-16/h2-3,6-11,16,20H,4-5,12-13H2,1H3/t16-,20+/m0/s1. The van der Waals surface area contributed by atoms with Crippen LogP contribution in [-0.2, 0) is 4.74 Å². The van der Waals surface area contributed by atoms with Gasteiger partial charge < -0.3 is 14.1 Å². The molecule has 2 atom stereocenters. The fourth-order valence-corrected chi connectivity index (χ4v) is 4.26. The van der Waals surface area contributed by atoms with Gasteiger partial charge in [-0.15, -0.1) is 0 Å². The van der Waals surface area contributed by atoms with E-state index >= 15 is 0 Å². The first-order chi connectivity index (χ1) is 13.6. The molecule has 0 N–H and O–H groups in total. The van der Waals surface area contributed by atoms with E-state index in [9.17, 15) is 9.59 Å². The molecule has 1 amide bonds. The van der Waals surface area contributed by atoms with Crippen molar-refractivity contribution in [2.75, 3.05) is 13.2 Å². The second-order valence-corrected chi connectivity index (χ2v) is 7.58. The minimum absolute atomic E-state index is 0.00395. The number of amides is 1. The first-order valence-corrected chi connectivity index (χ1v) is 9.68. The Kier molecular flexibility index (Phi) is 4.05. The van der Waals surface area contributed by atoms with Crippen LogP contribution in [0.1, 0.15) is 46.1 Å². The maximum Gasteiger partial charge on any atom is 0.291 e. The van der Waals surface area contributed by atoms with Crippen molar-refractivity contribution >= 4 is 16.9 Å². The number of nitrogens with zero attached hydrogens (tertiary/aromatic N) is 1. The number of fused-ring (bicyclic) bond motifs is 2. The molecule has 1 fully saturated rings. The first kappa shape index (κ1) is 17.2. The van der Waals surface area contributed by atoms with E-state index in [0.717, 1.165) is 30.6 Å². The van der Waals surface area contributed by atoms with Crippen LogP contribution in [0, 0.1) is 6.92 Å². The molecule has 5 rings (SSSR count). The highest BCUT2D eigenvalue weighted by atomic mass is 16.5. The van der Waals surface area contributed by atoms with Crippen LogP contribution in [0.2, 0.25) is 0 Å². The number of carbonyl (C=O) groups is 1. The SMILES string of the molecule is Cc1ccc([C@@H]2c3c(oc4ccccc4c3=O)C(=O)N2C[C@@H]2CCCO2)cc1. The van der Waals surface area contributed by atoms with Crippen molar-refractivity contribution in [3.8, 4) is 0 Å². The van der Waals surface area contributed by atoms with E-state index in [1.807, 2.05) is 37.3 Å². The molecule has 3 heterocycles. The summed E-state index contributed by atoms with van der Waals surface area (Å²) < 4.78 is 11.7. The molecule has 5 nitrogen and oxygen atoms in total. The van der Waals surface area contributed by atoms with Crippen molar-refractivity contribution < 1.29 is 13.9 Å². The lowest BCUT2D eigenvalue weighted by atomic mass is 9.97. The van der Waals surface area contributed by atoms with Gasteiger partial charge in [0, 0.05) is 13.2 Å². The highest BCUT2D eigenvalue weighted by molar-refractivity contribution is 5.99. The number of rotatable bonds is 3. The molecule has 3 aromatic rings. The molecule has 28 heavy (non-hydrogen) atoms. The maximum absolute atomic E-state index is 13.3. The zero-order chi connectivity index (χ0) is 19.3. The third kappa shape index (κ3) is 2.66. The summed E-state index contributed by atoms with van der Waals surface area (Å²) in [5.41, 5.74) is 2.79. The third-order valence-corrected chi connectivity index (χ3v) is 5.69. The zero-order valence-electron chi connectivity index (χ0n) is 15.7. The lowest BCUT2D eigenvalue weighted by Crippen LogP contribution is -2.36. The number of ether oxygens (including phenoxy) is 1. The Morgan fingerprint density at radius 1 is 1.07 bits per heavy atom. The van der Waals surface area contributed by atoms with Crippen molar-refractivity contribution in [1.82, 2.24) is 4.90 Å². The Morgan fingerprint density at radius 2 is 1.86 bits per heavy atom. The van der Waals surface area contributed by atoms with Gasteiger partial charge >= 0.3 is 0 Å². The molecule has 2 aromatic carbocycles. The van der Waals surface area contributed by atoms with Crippen molar-refractivity contribution in [2.45, 2.75) is 31.9 Å². The van der Waals surface area contributed by atoms with E-state index in [4.69, 9.17) is 9.15 Å². The summed E-state index contributed by atoms with van der Waals surface area (Å²) >= 11 is 0. The quantitative estimate of drug-likeness (QED) is 0.698. The monoisotopic (exact) mass is 375 g/mol. The molecule has 2 aliphatic heterocycles. The van der Waals surface area contributed by atoms with Crippen LogP contribution in [0.4, 0.5) is 0 Å². The second-order valence-electron chi connectivity index (χ2n) is 7.58. The molecule has 0 radical (unpaired) electrons. The summed E-state index contributed by atoms with van der Waals surface area (Å²) in [6.07, 6.45) is 1.91. The van der Waals surface area contributed by atoms with Gasteiger partial charge in [0.25, 0.3) is 5.91 Å². The van der Waals surface area contributed by atoms with Crippen molar-refractivity contribution in [1.29, 1.82) is 0 Å². The van der Waals surface area contributed by atoms with Gasteiger partial charge in [0.1, 0.15) is 5.58 Å². The van der Waals surface area contributed by atoms with Gasteiger partial charge in [-0.2, -0.15) is 0 Å². The molecule has 142 valence electrons. The predicted octanol–water partition coefficient (Wildman–Crippen LogP) is 3.83. The van der Waals surface area contributed by atoms with E-state index in [0.29, 0.717) is 23.1 Å². The minimum atomic E-state index is -0.451. The molecule has 0 saturated carbocycles. The van der Waals surface area contributed by atoms with Gasteiger partial charge in [0.05, 0.1) is 23.1 Å².